The molecular formula is C18H28O7. The molecule has 0 radical (unpaired) electrons. The molecule has 0 aromatic rings. The van der Waals surface area contributed by atoms with E-state index in [1.54, 1.807) is 14.2 Å². The average molecular weight is 356 g/mol. The van der Waals surface area contributed by atoms with Crippen molar-refractivity contribution in [1.29, 1.82) is 0 Å². The van der Waals surface area contributed by atoms with E-state index in [9.17, 15) is 9.90 Å². The Hall–Kier alpha value is -0.570. The van der Waals surface area contributed by atoms with E-state index in [4.69, 9.17) is 23.7 Å². The van der Waals surface area contributed by atoms with Gasteiger partial charge in [0, 0.05) is 37.4 Å². The molecule has 0 aromatic carbocycles. The van der Waals surface area contributed by atoms with Crippen molar-refractivity contribution in [2.45, 2.75) is 51.0 Å². The van der Waals surface area contributed by atoms with Gasteiger partial charge in [0.15, 0.2) is 12.1 Å². The lowest BCUT2D eigenvalue weighted by Crippen LogP contribution is -2.66. The van der Waals surface area contributed by atoms with Gasteiger partial charge in [0.2, 0.25) is 0 Å². The molecule has 142 valence electrons. The van der Waals surface area contributed by atoms with Crippen molar-refractivity contribution in [2.24, 2.45) is 28.6 Å². The zero-order valence-electron chi connectivity index (χ0n) is 15.3. The Morgan fingerprint density at radius 2 is 2.12 bits per heavy atom. The number of aliphatic hydroxyl groups is 1. The first kappa shape index (κ1) is 17.8. The Kier molecular flexibility index (Phi) is 4.07. The molecule has 25 heavy (non-hydrogen) atoms. The molecule has 2 heterocycles. The third kappa shape index (κ3) is 2.05. The predicted octanol–water partition coefficient (Wildman–Crippen LogP) is 0.933. The van der Waals surface area contributed by atoms with Crippen LogP contribution < -0.4 is 0 Å². The summed E-state index contributed by atoms with van der Waals surface area (Å²) < 4.78 is 28.6. The first-order chi connectivity index (χ1) is 11.9. The van der Waals surface area contributed by atoms with Crippen LogP contribution in [0, 0.1) is 28.6 Å². The van der Waals surface area contributed by atoms with E-state index < -0.39 is 17.3 Å². The molecule has 2 saturated carbocycles. The summed E-state index contributed by atoms with van der Waals surface area (Å²) in [6.07, 6.45) is 1.18. The Bertz CT molecular complexity index is 556. The topological polar surface area (TPSA) is 83.5 Å². The fraction of sp³-hybridized carbons (Fsp3) is 0.944. The first-order valence-electron chi connectivity index (χ1n) is 8.99. The van der Waals surface area contributed by atoms with Gasteiger partial charge in [-0.1, -0.05) is 13.8 Å². The largest absolute Gasteiger partial charge is 0.363 e. The van der Waals surface area contributed by atoms with Crippen LogP contribution in [-0.4, -0.2) is 63.3 Å². The van der Waals surface area contributed by atoms with Crippen molar-refractivity contribution in [2.75, 3.05) is 27.6 Å². The minimum absolute atomic E-state index is 0.0250. The number of ether oxygens (including phenoxy) is 5. The highest BCUT2D eigenvalue weighted by Gasteiger charge is 2.81. The molecule has 0 amide bonds. The smallest absolute Gasteiger partial charge is 0.197 e. The van der Waals surface area contributed by atoms with Crippen LogP contribution >= 0.6 is 0 Å². The SMILES string of the molecule is COCO[C@@H]1[C@H](C)[C@@H]2C[C@@H](OC)O[C@@H]3C[C@](C)(C=O)[C@H]4[C@@]1(O)OC[C@]324. The van der Waals surface area contributed by atoms with Crippen molar-refractivity contribution in [3.05, 3.63) is 0 Å². The van der Waals surface area contributed by atoms with Crippen LogP contribution in [-0.2, 0) is 28.5 Å². The molecule has 0 unspecified atom stereocenters. The van der Waals surface area contributed by atoms with Crippen LogP contribution in [0.2, 0.25) is 0 Å². The van der Waals surface area contributed by atoms with Crippen LogP contribution in [0.4, 0.5) is 0 Å². The van der Waals surface area contributed by atoms with E-state index in [2.05, 4.69) is 6.92 Å². The molecule has 2 aliphatic carbocycles. The summed E-state index contributed by atoms with van der Waals surface area (Å²) in [6, 6.07) is 0. The lowest BCUT2D eigenvalue weighted by atomic mass is 9.51. The standard InChI is InChI=1S/C18H28O7/c1-10-11-5-13(22-4)25-12-6-16(2,7-19)15-17(11,12)8-24-18(15,20)14(10)23-9-21-3/h7,10-15,20H,5-6,8-9H2,1-4H3/t10-,11+,12-,13+,14-,15-,16-,17-,18+/m1/s1. The van der Waals surface area contributed by atoms with Gasteiger partial charge in [-0.25, -0.2) is 0 Å². The number of carbonyl (C=O) groups is 1. The molecule has 4 rings (SSSR count). The lowest BCUT2D eigenvalue weighted by Gasteiger charge is -2.57. The van der Waals surface area contributed by atoms with Crippen LogP contribution in [0.3, 0.4) is 0 Å². The molecule has 2 bridgehead atoms. The predicted molar refractivity (Wildman–Crippen MR) is 85.3 cm³/mol. The maximum Gasteiger partial charge on any atom is 0.197 e. The van der Waals surface area contributed by atoms with Gasteiger partial charge in [-0.2, -0.15) is 0 Å². The normalized spacial score (nSPS) is 56.7. The van der Waals surface area contributed by atoms with Crippen molar-refractivity contribution in [1.82, 2.24) is 0 Å². The maximum absolute atomic E-state index is 12.1. The highest BCUT2D eigenvalue weighted by atomic mass is 16.7. The second kappa shape index (κ2) is 5.71. The van der Waals surface area contributed by atoms with E-state index in [-0.39, 0.29) is 42.4 Å². The van der Waals surface area contributed by atoms with Gasteiger partial charge < -0.3 is 33.6 Å². The highest BCUT2D eigenvalue weighted by Crippen LogP contribution is 2.73. The summed E-state index contributed by atoms with van der Waals surface area (Å²) in [5.74, 6) is -1.68. The van der Waals surface area contributed by atoms with Crippen LogP contribution in [0.1, 0.15) is 26.7 Å². The van der Waals surface area contributed by atoms with Gasteiger partial charge in [0.05, 0.1) is 12.7 Å². The second-order valence-electron chi connectivity index (χ2n) is 8.40. The molecule has 4 fully saturated rings. The van der Waals surface area contributed by atoms with Gasteiger partial charge in [-0.05, 0) is 18.3 Å². The summed E-state index contributed by atoms with van der Waals surface area (Å²) in [7, 11) is 3.19. The number of hydrogen-bond donors (Lipinski definition) is 1. The Morgan fingerprint density at radius 1 is 1.36 bits per heavy atom. The third-order valence-corrected chi connectivity index (χ3v) is 7.26. The molecule has 2 aliphatic heterocycles. The van der Waals surface area contributed by atoms with Crippen molar-refractivity contribution >= 4 is 6.29 Å². The van der Waals surface area contributed by atoms with Gasteiger partial charge in [-0.15, -0.1) is 0 Å². The second-order valence-corrected chi connectivity index (χ2v) is 8.40. The summed E-state index contributed by atoms with van der Waals surface area (Å²) in [5, 5.41) is 11.5. The molecule has 4 aliphatic rings. The number of carbonyl (C=O) groups excluding carboxylic acids is 1. The van der Waals surface area contributed by atoms with Gasteiger partial charge in [0.1, 0.15) is 19.2 Å². The van der Waals surface area contributed by atoms with E-state index in [1.165, 1.54) is 0 Å². The van der Waals surface area contributed by atoms with Gasteiger partial charge in [0.25, 0.3) is 0 Å². The fourth-order valence-corrected chi connectivity index (χ4v) is 6.48. The minimum Gasteiger partial charge on any atom is -0.363 e. The van der Waals surface area contributed by atoms with Crippen molar-refractivity contribution in [3.63, 3.8) is 0 Å². The molecule has 7 heteroatoms. The highest BCUT2D eigenvalue weighted by molar-refractivity contribution is 5.62. The number of hydrogen-bond acceptors (Lipinski definition) is 7. The van der Waals surface area contributed by atoms with E-state index in [0.717, 1.165) is 6.29 Å². The fourth-order valence-electron chi connectivity index (χ4n) is 6.48. The van der Waals surface area contributed by atoms with Crippen LogP contribution in [0.25, 0.3) is 0 Å². The summed E-state index contributed by atoms with van der Waals surface area (Å²) >= 11 is 0. The average Bonchev–Trinajstić information content (AvgIpc) is 3.03. The zero-order chi connectivity index (χ0) is 18.0. The van der Waals surface area contributed by atoms with Crippen LogP contribution in [0.15, 0.2) is 0 Å². The maximum atomic E-state index is 12.1. The first-order valence-corrected chi connectivity index (χ1v) is 8.99. The Balaban J connectivity index is 1.83. The molecule has 1 N–H and O–H groups in total. The summed E-state index contributed by atoms with van der Waals surface area (Å²) in [6.45, 7) is 4.42. The minimum atomic E-state index is -1.51. The molecule has 7 nitrogen and oxygen atoms in total. The molecule has 2 saturated heterocycles. The molecule has 9 atom stereocenters. The molecule has 1 spiro atoms. The lowest BCUT2D eigenvalue weighted by molar-refractivity contribution is -0.322. The summed E-state index contributed by atoms with van der Waals surface area (Å²) in [4.78, 5) is 12.1. The van der Waals surface area contributed by atoms with E-state index in [0.29, 0.717) is 19.4 Å². The van der Waals surface area contributed by atoms with E-state index >= 15 is 0 Å². The Labute approximate surface area is 147 Å². The third-order valence-electron chi connectivity index (χ3n) is 7.26. The molecular weight excluding hydrogens is 328 g/mol. The zero-order valence-corrected chi connectivity index (χ0v) is 15.3. The van der Waals surface area contributed by atoms with Crippen molar-refractivity contribution < 1.29 is 33.6 Å². The number of aldehydes is 1. The van der Waals surface area contributed by atoms with Crippen molar-refractivity contribution in [3.8, 4) is 0 Å². The summed E-state index contributed by atoms with van der Waals surface area (Å²) in [5.41, 5.74) is -1.11. The number of methoxy groups -OCH3 is 2. The number of rotatable bonds is 5. The monoisotopic (exact) mass is 356 g/mol. The van der Waals surface area contributed by atoms with Gasteiger partial charge >= 0.3 is 0 Å². The van der Waals surface area contributed by atoms with Crippen LogP contribution in [0.5, 0.6) is 0 Å². The van der Waals surface area contributed by atoms with E-state index in [1.807, 2.05) is 6.92 Å². The van der Waals surface area contributed by atoms with Gasteiger partial charge in [-0.3, -0.25) is 0 Å². The molecule has 0 aromatic heterocycles. The quantitative estimate of drug-likeness (QED) is 0.580. The Morgan fingerprint density at radius 3 is 2.76 bits per heavy atom.